The summed E-state index contributed by atoms with van der Waals surface area (Å²) < 4.78 is 25.2. The van der Waals surface area contributed by atoms with Gasteiger partial charge in [-0.25, -0.2) is 13.1 Å². The van der Waals surface area contributed by atoms with Crippen LogP contribution in [0.3, 0.4) is 0 Å². The van der Waals surface area contributed by atoms with Gasteiger partial charge in [0.25, 0.3) is 0 Å². The number of nitrogens with one attached hydrogen (secondary N) is 1. The molecule has 0 unspecified atom stereocenters. The lowest BCUT2D eigenvalue weighted by Gasteiger charge is -2.06. The van der Waals surface area contributed by atoms with E-state index in [0.717, 1.165) is 22.5 Å². The lowest BCUT2D eigenvalue weighted by atomic mass is 10.1. The number of aromatic nitrogens is 2. The molecule has 0 saturated carbocycles. The van der Waals surface area contributed by atoms with Crippen molar-refractivity contribution in [3.05, 3.63) is 71.9 Å². The van der Waals surface area contributed by atoms with E-state index >= 15 is 0 Å². The first kappa shape index (κ1) is 19.3. The van der Waals surface area contributed by atoms with Crippen LogP contribution in [-0.2, 0) is 16.4 Å². The Morgan fingerprint density at radius 3 is 2.41 bits per heavy atom. The number of aryl methyl sites for hydroxylation is 1. The maximum Gasteiger partial charge on any atom is 0.151 e. The Balaban J connectivity index is 1.84. The second kappa shape index (κ2) is 8.50. The van der Waals surface area contributed by atoms with E-state index in [1.165, 1.54) is 5.56 Å². The molecule has 0 saturated heterocycles. The molecule has 1 heterocycles. The summed E-state index contributed by atoms with van der Waals surface area (Å²) in [6, 6.07) is 18.2. The normalized spacial score (nSPS) is 11.6. The Hall–Kier alpha value is -2.44. The highest BCUT2D eigenvalue weighted by molar-refractivity contribution is 7.91. The minimum absolute atomic E-state index is 0.149. The summed E-state index contributed by atoms with van der Waals surface area (Å²) in [5.74, 6) is 0.325. The molecule has 0 spiro atoms. The third-order valence-electron chi connectivity index (χ3n) is 4.48. The molecule has 27 heavy (non-hydrogen) atoms. The van der Waals surface area contributed by atoms with E-state index in [2.05, 4.69) is 36.5 Å². The fourth-order valence-corrected chi connectivity index (χ4v) is 3.55. The first-order valence-electron chi connectivity index (χ1n) is 9.10. The molecule has 5 nitrogen and oxygen atoms in total. The fraction of sp³-hybridized carbons (Fsp3) is 0.286. The quantitative estimate of drug-likeness (QED) is 0.606. The van der Waals surface area contributed by atoms with Gasteiger partial charge in [0.05, 0.1) is 17.1 Å². The molecule has 0 amide bonds. The lowest BCUT2D eigenvalue weighted by Crippen LogP contribution is -2.23. The van der Waals surface area contributed by atoms with Crippen LogP contribution < -0.4 is 5.32 Å². The molecule has 142 valence electrons. The van der Waals surface area contributed by atoms with Gasteiger partial charge in [0.15, 0.2) is 9.84 Å². The van der Waals surface area contributed by atoms with Crippen LogP contribution in [0.4, 0.5) is 0 Å². The molecule has 1 aromatic heterocycles. The van der Waals surface area contributed by atoms with Gasteiger partial charge in [0.2, 0.25) is 0 Å². The van der Waals surface area contributed by atoms with E-state index in [0.29, 0.717) is 13.1 Å². The number of rotatable bonds is 8. The predicted molar refractivity (Wildman–Crippen MR) is 110 cm³/mol. The lowest BCUT2D eigenvalue weighted by molar-refractivity contribution is 0.592. The minimum Gasteiger partial charge on any atom is -0.312 e. The minimum atomic E-state index is -2.96. The highest BCUT2D eigenvalue weighted by Gasteiger charge is 2.13. The van der Waals surface area contributed by atoms with Crippen LogP contribution in [0.5, 0.6) is 0 Å². The van der Waals surface area contributed by atoms with Gasteiger partial charge < -0.3 is 5.32 Å². The van der Waals surface area contributed by atoms with Gasteiger partial charge in [0.1, 0.15) is 0 Å². The molecule has 0 atom stereocenters. The van der Waals surface area contributed by atoms with Crippen LogP contribution in [-0.4, -0.2) is 36.2 Å². The summed E-state index contributed by atoms with van der Waals surface area (Å²) in [4.78, 5) is 0. The van der Waals surface area contributed by atoms with Crippen LogP contribution >= 0.6 is 0 Å². The molecule has 3 aromatic rings. The average Bonchev–Trinajstić information content (AvgIpc) is 3.11. The van der Waals surface area contributed by atoms with E-state index in [-0.39, 0.29) is 11.5 Å². The van der Waals surface area contributed by atoms with Crippen molar-refractivity contribution < 1.29 is 8.42 Å². The van der Waals surface area contributed by atoms with Gasteiger partial charge in [-0.1, -0.05) is 55.0 Å². The summed E-state index contributed by atoms with van der Waals surface area (Å²) in [6.45, 7) is 4.73. The van der Waals surface area contributed by atoms with Crippen molar-refractivity contribution in [2.24, 2.45) is 0 Å². The Bertz CT molecular complexity index is 978. The Morgan fingerprint density at radius 1 is 1.04 bits per heavy atom. The van der Waals surface area contributed by atoms with Crippen molar-refractivity contribution in [2.75, 3.05) is 18.1 Å². The molecule has 6 heteroatoms. The zero-order valence-electron chi connectivity index (χ0n) is 15.7. The number of benzene rings is 2. The SMILES string of the molecule is CCS(=O)(=O)CCNCc1cn(-c2ccccc2)nc1-c1ccc(C)cc1. The van der Waals surface area contributed by atoms with E-state index in [9.17, 15) is 8.42 Å². The molecule has 0 radical (unpaired) electrons. The standard InChI is InChI=1S/C21H25N3O2S/c1-3-27(25,26)14-13-22-15-19-16-24(20-7-5-4-6-8-20)23-21(19)18-11-9-17(2)10-12-18/h4-12,16,22H,3,13-15H2,1-2H3. The first-order valence-corrected chi connectivity index (χ1v) is 10.9. The smallest absolute Gasteiger partial charge is 0.151 e. The van der Waals surface area contributed by atoms with Crippen LogP contribution in [0.15, 0.2) is 60.8 Å². The monoisotopic (exact) mass is 383 g/mol. The van der Waals surface area contributed by atoms with E-state index in [4.69, 9.17) is 5.10 Å². The van der Waals surface area contributed by atoms with Crippen LogP contribution in [0, 0.1) is 6.92 Å². The first-order chi connectivity index (χ1) is 13.0. The largest absolute Gasteiger partial charge is 0.312 e. The molecule has 3 rings (SSSR count). The van der Waals surface area contributed by atoms with Gasteiger partial charge >= 0.3 is 0 Å². The second-order valence-electron chi connectivity index (χ2n) is 6.56. The van der Waals surface area contributed by atoms with Gasteiger partial charge in [-0.15, -0.1) is 0 Å². The Kier molecular flexibility index (Phi) is 6.08. The molecule has 0 bridgehead atoms. The van der Waals surface area contributed by atoms with Crippen LogP contribution in [0.1, 0.15) is 18.1 Å². The van der Waals surface area contributed by atoms with Crippen molar-refractivity contribution in [3.8, 4) is 16.9 Å². The zero-order valence-corrected chi connectivity index (χ0v) is 16.5. The van der Waals surface area contributed by atoms with Crippen LogP contribution in [0.2, 0.25) is 0 Å². The predicted octanol–water partition coefficient (Wildman–Crippen LogP) is 3.37. The molecule has 1 N–H and O–H groups in total. The number of nitrogens with zero attached hydrogens (tertiary/aromatic N) is 2. The van der Waals surface area contributed by atoms with E-state index in [1.54, 1.807) is 6.92 Å². The number of hydrogen-bond acceptors (Lipinski definition) is 4. The molecule has 0 fully saturated rings. The summed E-state index contributed by atoms with van der Waals surface area (Å²) >= 11 is 0. The van der Waals surface area contributed by atoms with Crippen molar-refractivity contribution in [1.82, 2.24) is 15.1 Å². The van der Waals surface area contributed by atoms with Gasteiger partial charge in [-0.2, -0.15) is 5.10 Å². The highest BCUT2D eigenvalue weighted by atomic mass is 32.2. The van der Waals surface area contributed by atoms with E-state index < -0.39 is 9.84 Å². The second-order valence-corrected chi connectivity index (χ2v) is 9.03. The van der Waals surface area contributed by atoms with Gasteiger partial charge in [-0.3, -0.25) is 0 Å². The maximum atomic E-state index is 11.7. The third-order valence-corrected chi connectivity index (χ3v) is 6.19. The maximum absolute atomic E-state index is 11.7. The zero-order chi connectivity index (χ0) is 19.3. The topological polar surface area (TPSA) is 64.0 Å². The number of hydrogen-bond donors (Lipinski definition) is 1. The van der Waals surface area contributed by atoms with Crippen molar-refractivity contribution in [1.29, 1.82) is 0 Å². The van der Waals surface area contributed by atoms with Crippen molar-refractivity contribution in [2.45, 2.75) is 20.4 Å². The number of sulfone groups is 1. The molecular formula is C21H25N3O2S. The summed E-state index contributed by atoms with van der Waals surface area (Å²) in [7, 11) is -2.96. The summed E-state index contributed by atoms with van der Waals surface area (Å²) in [5, 5.41) is 8.03. The van der Waals surface area contributed by atoms with Crippen molar-refractivity contribution in [3.63, 3.8) is 0 Å². The third kappa shape index (κ3) is 5.05. The Labute approximate surface area is 161 Å². The summed E-state index contributed by atoms with van der Waals surface area (Å²) in [5.41, 5.74) is 5.19. The van der Waals surface area contributed by atoms with Gasteiger partial charge in [0, 0.05) is 36.2 Å². The fourth-order valence-electron chi connectivity index (χ4n) is 2.80. The molecule has 0 aliphatic carbocycles. The molecule has 0 aliphatic heterocycles. The summed E-state index contributed by atoms with van der Waals surface area (Å²) in [6.07, 6.45) is 2.01. The highest BCUT2D eigenvalue weighted by Crippen LogP contribution is 2.24. The average molecular weight is 384 g/mol. The van der Waals surface area contributed by atoms with E-state index in [1.807, 2.05) is 41.2 Å². The Morgan fingerprint density at radius 2 is 1.74 bits per heavy atom. The molecular weight excluding hydrogens is 358 g/mol. The molecule has 0 aliphatic rings. The number of para-hydroxylation sites is 1. The molecule has 2 aromatic carbocycles. The van der Waals surface area contributed by atoms with Crippen LogP contribution in [0.25, 0.3) is 16.9 Å². The van der Waals surface area contributed by atoms with Gasteiger partial charge in [-0.05, 0) is 19.1 Å². The van der Waals surface area contributed by atoms with Crippen molar-refractivity contribution >= 4 is 9.84 Å².